The molecule has 0 spiro atoms. The average Bonchev–Trinajstić information content (AvgIpc) is 2.37. The zero-order chi connectivity index (χ0) is 16.2. The van der Waals surface area contributed by atoms with Gasteiger partial charge in [0.15, 0.2) is 11.6 Å². The smallest absolute Gasteiger partial charge is 0.321 e. The van der Waals surface area contributed by atoms with Crippen molar-refractivity contribution in [1.82, 2.24) is 4.72 Å². The first-order chi connectivity index (χ1) is 9.63. The summed E-state index contributed by atoms with van der Waals surface area (Å²) in [6.07, 6.45) is -1.06. The molecule has 116 valence electrons. The van der Waals surface area contributed by atoms with Crippen molar-refractivity contribution < 1.29 is 37.0 Å². The minimum Gasteiger partial charge on any atom is -0.481 e. The molecule has 0 aromatic heterocycles. The number of carbonyl (C=O) groups is 2. The van der Waals surface area contributed by atoms with Crippen LogP contribution in [0.25, 0.3) is 0 Å². The lowest BCUT2D eigenvalue weighted by Crippen LogP contribution is -2.41. The molecule has 21 heavy (non-hydrogen) atoms. The van der Waals surface area contributed by atoms with E-state index in [9.17, 15) is 26.8 Å². The summed E-state index contributed by atoms with van der Waals surface area (Å²) in [6, 6.07) is 0.0425. The molecule has 0 saturated carbocycles. The highest BCUT2D eigenvalue weighted by Gasteiger charge is 2.26. The number of nitrogens with one attached hydrogen (secondary N) is 1. The van der Waals surface area contributed by atoms with E-state index in [-0.39, 0.29) is 0 Å². The molecule has 0 heterocycles. The minimum atomic E-state index is -4.42. The molecular weight excluding hydrogens is 312 g/mol. The van der Waals surface area contributed by atoms with E-state index in [4.69, 9.17) is 10.2 Å². The summed E-state index contributed by atoms with van der Waals surface area (Å²) in [6.45, 7) is 0. The molecule has 1 rings (SSSR count). The van der Waals surface area contributed by atoms with E-state index in [1.807, 2.05) is 0 Å². The van der Waals surface area contributed by atoms with E-state index in [0.29, 0.717) is 12.1 Å². The summed E-state index contributed by atoms with van der Waals surface area (Å²) in [5.41, 5.74) is 0. The second-order valence-corrected chi connectivity index (χ2v) is 5.73. The third kappa shape index (κ3) is 4.76. The molecule has 1 unspecified atom stereocenters. The van der Waals surface area contributed by atoms with Gasteiger partial charge in [0.05, 0.1) is 4.90 Å². The van der Waals surface area contributed by atoms with Gasteiger partial charge in [-0.15, -0.1) is 0 Å². The third-order valence-electron chi connectivity index (χ3n) is 2.44. The van der Waals surface area contributed by atoms with Gasteiger partial charge in [-0.1, -0.05) is 0 Å². The van der Waals surface area contributed by atoms with Gasteiger partial charge in [-0.25, -0.2) is 17.2 Å². The van der Waals surface area contributed by atoms with Gasteiger partial charge in [0.25, 0.3) is 0 Å². The average molecular weight is 323 g/mol. The third-order valence-corrected chi connectivity index (χ3v) is 3.91. The summed E-state index contributed by atoms with van der Waals surface area (Å²) < 4.78 is 51.2. The molecule has 0 fully saturated rings. The molecule has 0 saturated heterocycles. The zero-order valence-corrected chi connectivity index (χ0v) is 11.2. The molecule has 1 aromatic rings. The first-order valence-corrected chi connectivity index (χ1v) is 7.04. The molecule has 10 heteroatoms. The number of benzene rings is 1. The lowest BCUT2D eigenvalue weighted by Gasteiger charge is -2.14. The number of carboxylic acids is 2. The Morgan fingerprint density at radius 2 is 1.81 bits per heavy atom. The highest BCUT2D eigenvalue weighted by Crippen LogP contribution is 2.14. The van der Waals surface area contributed by atoms with Crippen LogP contribution in [0.5, 0.6) is 0 Å². The Morgan fingerprint density at radius 1 is 1.19 bits per heavy atom. The van der Waals surface area contributed by atoms with Gasteiger partial charge >= 0.3 is 11.9 Å². The maximum absolute atomic E-state index is 13.0. The Morgan fingerprint density at radius 3 is 2.29 bits per heavy atom. The van der Waals surface area contributed by atoms with Crippen molar-refractivity contribution in [3.63, 3.8) is 0 Å². The Hall–Kier alpha value is -2.07. The summed E-state index contributed by atoms with van der Waals surface area (Å²) in [5, 5.41) is 17.3. The first-order valence-electron chi connectivity index (χ1n) is 5.55. The van der Waals surface area contributed by atoms with Crippen molar-refractivity contribution in [2.24, 2.45) is 0 Å². The number of sulfonamides is 1. The molecule has 1 aromatic carbocycles. The highest BCUT2D eigenvalue weighted by molar-refractivity contribution is 7.89. The second-order valence-electron chi connectivity index (χ2n) is 4.02. The van der Waals surface area contributed by atoms with Gasteiger partial charge < -0.3 is 10.2 Å². The molecule has 7 nitrogen and oxygen atoms in total. The Kier molecular flexibility index (Phi) is 5.33. The van der Waals surface area contributed by atoms with Gasteiger partial charge in [0.1, 0.15) is 6.04 Å². The Balaban J connectivity index is 2.97. The van der Waals surface area contributed by atoms with E-state index in [1.165, 1.54) is 0 Å². The van der Waals surface area contributed by atoms with Crippen molar-refractivity contribution in [2.75, 3.05) is 0 Å². The predicted molar refractivity (Wildman–Crippen MR) is 65.0 cm³/mol. The summed E-state index contributed by atoms with van der Waals surface area (Å²) in [4.78, 5) is 20.6. The van der Waals surface area contributed by atoms with Crippen LogP contribution in [0.15, 0.2) is 23.1 Å². The molecule has 0 aliphatic rings. The van der Waals surface area contributed by atoms with Crippen molar-refractivity contribution in [3.05, 3.63) is 29.8 Å². The Labute approximate surface area is 118 Å². The van der Waals surface area contributed by atoms with Crippen LogP contribution >= 0.6 is 0 Å². The number of hydrogen-bond donors (Lipinski definition) is 3. The molecule has 0 bridgehead atoms. The van der Waals surface area contributed by atoms with E-state index in [2.05, 4.69) is 0 Å². The number of rotatable bonds is 7. The van der Waals surface area contributed by atoms with Crippen LogP contribution in [-0.4, -0.2) is 36.6 Å². The maximum atomic E-state index is 13.0. The van der Waals surface area contributed by atoms with Crippen molar-refractivity contribution in [3.8, 4) is 0 Å². The normalized spacial score (nSPS) is 12.9. The van der Waals surface area contributed by atoms with Gasteiger partial charge in [-0.3, -0.25) is 9.59 Å². The van der Waals surface area contributed by atoms with Crippen LogP contribution in [-0.2, 0) is 19.6 Å². The van der Waals surface area contributed by atoms with Crippen LogP contribution in [0, 0.1) is 11.6 Å². The molecule has 0 aliphatic heterocycles. The van der Waals surface area contributed by atoms with Gasteiger partial charge in [-0.05, 0) is 24.6 Å². The minimum absolute atomic E-state index is 0.397. The topological polar surface area (TPSA) is 121 Å². The van der Waals surface area contributed by atoms with E-state index in [1.54, 1.807) is 4.72 Å². The fourth-order valence-corrected chi connectivity index (χ4v) is 2.64. The summed E-state index contributed by atoms with van der Waals surface area (Å²) in [5.74, 6) is -5.54. The van der Waals surface area contributed by atoms with Gasteiger partial charge in [0.2, 0.25) is 10.0 Å². The lowest BCUT2D eigenvalue weighted by atomic mass is 10.2. The highest BCUT2D eigenvalue weighted by atomic mass is 32.2. The van der Waals surface area contributed by atoms with Crippen molar-refractivity contribution in [1.29, 1.82) is 0 Å². The van der Waals surface area contributed by atoms with Crippen molar-refractivity contribution >= 4 is 22.0 Å². The first kappa shape index (κ1) is 17.0. The monoisotopic (exact) mass is 323 g/mol. The van der Waals surface area contributed by atoms with E-state index in [0.717, 1.165) is 6.07 Å². The molecule has 0 amide bonds. The van der Waals surface area contributed by atoms with Gasteiger partial charge in [-0.2, -0.15) is 4.72 Å². The molecule has 0 aliphatic carbocycles. The molecule has 1 atom stereocenters. The largest absolute Gasteiger partial charge is 0.481 e. The van der Waals surface area contributed by atoms with Crippen LogP contribution in [0.2, 0.25) is 0 Å². The van der Waals surface area contributed by atoms with Crippen LogP contribution in [0.4, 0.5) is 8.78 Å². The van der Waals surface area contributed by atoms with Gasteiger partial charge in [0, 0.05) is 6.42 Å². The van der Waals surface area contributed by atoms with Crippen LogP contribution < -0.4 is 4.72 Å². The quantitative estimate of drug-likeness (QED) is 0.674. The Bertz CT molecular complexity index is 661. The second kappa shape index (κ2) is 6.59. The predicted octanol–water partition coefficient (Wildman–Crippen LogP) is 0.561. The van der Waals surface area contributed by atoms with E-state index < -0.39 is 57.4 Å². The number of halogens is 2. The fraction of sp³-hybridized carbons (Fsp3) is 0.273. The van der Waals surface area contributed by atoms with Crippen molar-refractivity contribution in [2.45, 2.75) is 23.8 Å². The summed E-state index contributed by atoms with van der Waals surface area (Å²) in [7, 11) is -4.42. The SMILES string of the molecule is O=C(O)CCC(NS(=O)(=O)c1ccc(F)c(F)c1)C(=O)O. The molecule has 0 radical (unpaired) electrons. The standard InChI is InChI=1S/C11H11F2NO6S/c12-7-2-1-6(5-8(7)13)21(19,20)14-9(11(17)18)3-4-10(15)16/h1-2,5,9,14H,3-4H2,(H,15,16)(H,17,18). The van der Waals surface area contributed by atoms with Crippen LogP contribution in [0.1, 0.15) is 12.8 Å². The fourth-order valence-electron chi connectivity index (χ4n) is 1.40. The maximum Gasteiger partial charge on any atom is 0.321 e. The summed E-state index contributed by atoms with van der Waals surface area (Å²) >= 11 is 0. The number of carboxylic acid groups (broad SMARTS) is 2. The van der Waals surface area contributed by atoms with Crippen LogP contribution in [0.3, 0.4) is 0 Å². The van der Waals surface area contributed by atoms with E-state index >= 15 is 0 Å². The number of hydrogen-bond acceptors (Lipinski definition) is 4. The zero-order valence-electron chi connectivity index (χ0n) is 10.4. The molecular formula is C11H11F2NO6S. The lowest BCUT2D eigenvalue weighted by molar-refractivity contribution is -0.140. The molecule has 3 N–H and O–H groups in total. The number of aliphatic carboxylic acids is 2.